The average Bonchev–Trinajstić information content (AvgIpc) is 3.06. The molecule has 1 fully saturated rings. The van der Waals surface area contributed by atoms with Gasteiger partial charge in [0.1, 0.15) is 0 Å². The Labute approximate surface area is 102 Å². The monoisotopic (exact) mass is 232 g/mol. The Balaban J connectivity index is 1.80. The zero-order valence-corrected chi connectivity index (χ0v) is 10.3. The highest BCUT2D eigenvalue weighted by Gasteiger charge is 2.20. The topological polar surface area (TPSA) is 55.1 Å². The van der Waals surface area contributed by atoms with Crippen molar-refractivity contribution in [1.82, 2.24) is 5.32 Å². The van der Waals surface area contributed by atoms with E-state index in [-0.39, 0.29) is 5.91 Å². The third-order valence-corrected chi connectivity index (χ3v) is 3.13. The fourth-order valence-electron chi connectivity index (χ4n) is 2.05. The lowest BCUT2D eigenvalue weighted by molar-refractivity contribution is 0.0953. The van der Waals surface area contributed by atoms with Crippen molar-refractivity contribution >= 4 is 11.6 Å². The molecule has 0 aromatic heterocycles. The molecule has 0 atom stereocenters. The minimum atomic E-state index is -0.0174. The van der Waals surface area contributed by atoms with Crippen LogP contribution in [0.15, 0.2) is 18.2 Å². The van der Waals surface area contributed by atoms with Gasteiger partial charge in [0, 0.05) is 17.8 Å². The third kappa shape index (κ3) is 3.77. The van der Waals surface area contributed by atoms with Gasteiger partial charge in [-0.3, -0.25) is 4.79 Å². The van der Waals surface area contributed by atoms with Crippen LogP contribution < -0.4 is 11.1 Å². The number of nitrogens with two attached hydrogens (primary N) is 1. The lowest BCUT2D eigenvalue weighted by Crippen LogP contribution is -2.24. The molecule has 0 heterocycles. The van der Waals surface area contributed by atoms with E-state index in [0.29, 0.717) is 11.3 Å². The summed E-state index contributed by atoms with van der Waals surface area (Å²) in [6, 6.07) is 5.46. The summed E-state index contributed by atoms with van der Waals surface area (Å²) in [6.45, 7) is 2.71. The summed E-state index contributed by atoms with van der Waals surface area (Å²) in [5, 5.41) is 2.94. The first-order valence-electron chi connectivity index (χ1n) is 6.30. The van der Waals surface area contributed by atoms with E-state index in [1.54, 1.807) is 6.07 Å². The van der Waals surface area contributed by atoms with Gasteiger partial charge in [0.15, 0.2) is 0 Å². The van der Waals surface area contributed by atoms with Crippen molar-refractivity contribution in [3.63, 3.8) is 0 Å². The summed E-state index contributed by atoms with van der Waals surface area (Å²) < 4.78 is 0. The lowest BCUT2D eigenvalue weighted by Gasteiger charge is -2.06. The molecule has 1 aliphatic carbocycles. The van der Waals surface area contributed by atoms with E-state index in [2.05, 4.69) is 5.32 Å². The van der Waals surface area contributed by atoms with Crippen LogP contribution in [0.25, 0.3) is 0 Å². The van der Waals surface area contributed by atoms with Crippen molar-refractivity contribution in [2.24, 2.45) is 5.92 Å². The summed E-state index contributed by atoms with van der Waals surface area (Å²) in [5.41, 5.74) is 8.05. The number of nitrogen functional groups attached to an aromatic ring is 1. The molecular weight excluding hydrogens is 212 g/mol. The van der Waals surface area contributed by atoms with Crippen molar-refractivity contribution in [1.29, 1.82) is 0 Å². The standard InChI is InChI=1S/C14H20N2O/c1-10-7-12(9-13(15)8-10)14(17)16-6-2-3-11-4-5-11/h7-9,11H,2-6,15H2,1H3,(H,16,17). The number of carbonyl (C=O) groups excluding carboxylic acids is 1. The lowest BCUT2D eigenvalue weighted by atomic mass is 10.1. The van der Waals surface area contributed by atoms with E-state index >= 15 is 0 Å². The minimum Gasteiger partial charge on any atom is -0.399 e. The quantitative estimate of drug-likeness (QED) is 0.605. The van der Waals surface area contributed by atoms with E-state index in [9.17, 15) is 4.79 Å². The van der Waals surface area contributed by atoms with E-state index in [1.165, 1.54) is 19.3 Å². The largest absolute Gasteiger partial charge is 0.399 e. The minimum absolute atomic E-state index is 0.0174. The molecule has 17 heavy (non-hydrogen) atoms. The maximum Gasteiger partial charge on any atom is 0.251 e. The third-order valence-electron chi connectivity index (χ3n) is 3.13. The first-order valence-corrected chi connectivity index (χ1v) is 6.30. The maximum atomic E-state index is 11.8. The number of nitrogens with one attached hydrogen (secondary N) is 1. The molecule has 0 radical (unpaired) electrons. The van der Waals surface area contributed by atoms with Gasteiger partial charge in [-0.15, -0.1) is 0 Å². The molecule has 0 saturated heterocycles. The molecule has 1 amide bonds. The number of hydrogen-bond donors (Lipinski definition) is 2. The number of rotatable bonds is 5. The van der Waals surface area contributed by atoms with E-state index in [1.807, 2.05) is 19.1 Å². The van der Waals surface area contributed by atoms with Gasteiger partial charge >= 0.3 is 0 Å². The van der Waals surface area contributed by atoms with Crippen LogP contribution in [-0.2, 0) is 0 Å². The second-order valence-electron chi connectivity index (χ2n) is 4.97. The Kier molecular flexibility index (Phi) is 3.67. The van der Waals surface area contributed by atoms with Crippen LogP contribution >= 0.6 is 0 Å². The molecule has 92 valence electrons. The van der Waals surface area contributed by atoms with E-state index < -0.39 is 0 Å². The molecule has 1 aromatic carbocycles. The highest BCUT2D eigenvalue weighted by molar-refractivity contribution is 5.95. The van der Waals surface area contributed by atoms with Crippen LogP contribution in [0.2, 0.25) is 0 Å². The van der Waals surface area contributed by atoms with Crippen LogP contribution in [0.5, 0.6) is 0 Å². The molecule has 1 saturated carbocycles. The Hall–Kier alpha value is -1.51. The number of carbonyl (C=O) groups is 1. The van der Waals surface area contributed by atoms with E-state index in [4.69, 9.17) is 5.73 Å². The molecule has 2 rings (SSSR count). The van der Waals surface area contributed by atoms with Crippen LogP contribution in [0.3, 0.4) is 0 Å². The highest BCUT2D eigenvalue weighted by atomic mass is 16.1. The van der Waals surface area contributed by atoms with Crippen molar-refractivity contribution < 1.29 is 4.79 Å². The zero-order valence-electron chi connectivity index (χ0n) is 10.3. The number of amides is 1. The number of hydrogen-bond acceptors (Lipinski definition) is 2. The van der Waals surface area contributed by atoms with E-state index in [0.717, 1.165) is 24.4 Å². The summed E-state index contributed by atoms with van der Waals surface area (Å²) in [6.07, 6.45) is 5.08. The van der Waals surface area contributed by atoms with Gasteiger partial charge in [0.05, 0.1) is 0 Å². The van der Waals surface area contributed by atoms with Crippen LogP contribution in [0.4, 0.5) is 5.69 Å². The molecule has 3 nitrogen and oxygen atoms in total. The number of benzene rings is 1. The van der Waals surface area contributed by atoms with Gasteiger partial charge in [-0.25, -0.2) is 0 Å². The van der Waals surface area contributed by atoms with Crippen LogP contribution in [-0.4, -0.2) is 12.5 Å². The predicted octanol–water partition coefficient (Wildman–Crippen LogP) is 2.50. The second-order valence-corrected chi connectivity index (χ2v) is 4.97. The maximum absolute atomic E-state index is 11.8. The Morgan fingerprint density at radius 3 is 2.82 bits per heavy atom. The fraction of sp³-hybridized carbons (Fsp3) is 0.500. The number of aryl methyl sites for hydroxylation is 1. The molecule has 3 N–H and O–H groups in total. The van der Waals surface area contributed by atoms with Crippen molar-refractivity contribution in [3.05, 3.63) is 29.3 Å². The number of anilines is 1. The van der Waals surface area contributed by atoms with Gasteiger partial charge in [-0.05, 0) is 49.4 Å². The Bertz CT molecular complexity index is 390. The molecule has 1 aromatic rings. The van der Waals surface area contributed by atoms with Crippen molar-refractivity contribution in [2.45, 2.75) is 32.6 Å². The predicted molar refractivity (Wildman–Crippen MR) is 69.9 cm³/mol. The molecule has 0 spiro atoms. The summed E-state index contributed by atoms with van der Waals surface area (Å²) in [7, 11) is 0. The molecular formula is C14H20N2O. The first kappa shape index (κ1) is 12.0. The molecule has 1 aliphatic rings. The fourth-order valence-corrected chi connectivity index (χ4v) is 2.05. The first-order chi connectivity index (χ1) is 8.15. The SMILES string of the molecule is Cc1cc(N)cc(C(=O)NCCCC2CC2)c1. The highest BCUT2D eigenvalue weighted by Crippen LogP contribution is 2.33. The second kappa shape index (κ2) is 5.21. The van der Waals surface area contributed by atoms with Gasteiger partial charge in [0.2, 0.25) is 0 Å². The normalized spacial score (nSPS) is 14.6. The smallest absolute Gasteiger partial charge is 0.251 e. The molecule has 0 aliphatic heterocycles. The van der Waals surface area contributed by atoms with Gasteiger partial charge in [-0.1, -0.05) is 12.8 Å². The molecule has 0 bridgehead atoms. The van der Waals surface area contributed by atoms with Crippen LogP contribution in [0.1, 0.15) is 41.6 Å². The van der Waals surface area contributed by atoms with Crippen molar-refractivity contribution in [3.8, 4) is 0 Å². The zero-order chi connectivity index (χ0) is 12.3. The van der Waals surface area contributed by atoms with Gasteiger partial charge in [0.25, 0.3) is 5.91 Å². The summed E-state index contributed by atoms with van der Waals surface area (Å²) in [5.74, 6) is 0.915. The summed E-state index contributed by atoms with van der Waals surface area (Å²) >= 11 is 0. The van der Waals surface area contributed by atoms with Gasteiger partial charge < -0.3 is 11.1 Å². The molecule has 0 unspecified atom stereocenters. The van der Waals surface area contributed by atoms with Crippen LogP contribution in [0, 0.1) is 12.8 Å². The van der Waals surface area contributed by atoms with Gasteiger partial charge in [-0.2, -0.15) is 0 Å². The summed E-state index contributed by atoms with van der Waals surface area (Å²) in [4.78, 5) is 11.8. The Morgan fingerprint density at radius 1 is 1.41 bits per heavy atom. The van der Waals surface area contributed by atoms with Crippen molar-refractivity contribution in [2.75, 3.05) is 12.3 Å². The average molecular weight is 232 g/mol. The molecule has 3 heteroatoms. The Morgan fingerprint density at radius 2 is 2.18 bits per heavy atom.